The fourth-order valence-electron chi connectivity index (χ4n) is 2.48. The summed E-state index contributed by atoms with van der Waals surface area (Å²) in [6.07, 6.45) is 2.25. The minimum absolute atomic E-state index is 0.204. The first kappa shape index (κ1) is 16.3. The number of amides is 1. The first-order valence-corrected chi connectivity index (χ1v) is 7.79. The Kier molecular flexibility index (Phi) is 5.12. The number of benzene rings is 2. The van der Waals surface area contributed by atoms with Crippen molar-refractivity contribution in [3.05, 3.63) is 72.1 Å². The van der Waals surface area contributed by atoms with Gasteiger partial charge in [-0.2, -0.15) is 5.26 Å². The van der Waals surface area contributed by atoms with E-state index in [1.165, 1.54) is 11.0 Å². The highest BCUT2D eigenvalue weighted by Gasteiger charge is 2.22. The highest BCUT2D eigenvalue weighted by atomic mass is 16.2. The van der Waals surface area contributed by atoms with Crippen LogP contribution in [-0.2, 0) is 17.6 Å². The van der Waals surface area contributed by atoms with Crippen LogP contribution < -0.4 is 5.32 Å². The summed E-state index contributed by atoms with van der Waals surface area (Å²) in [5.74, 6) is -0.204. The van der Waals surface area contributed by atoms with E-state index in [-0.39, 0.29) is 5.91 Å². The van der Waals surface area contributed by atoms with Gasteiger partial charge in [0.05, 0.1) is 12.5 Å². The van der Waals surface area contributed by atoms with Gasteiger partial charge in [-0.1, -0.05) is 42.5 Å². The molecule has 1 heterocycles. The quantitative estimate of drug-likeness (QED) is 0.746. The minimum atomic E-state index is -0.559. The third kappa shape index (κ3) is 4.26. The van der Waals surface area contributed by atoms with Crippen molar-refractivity contribution in [1.82, 2.24) is 20.2 Å². The van der Waals surface area contributed by atoms with Crippen LogP contribution in [-0.4, -0.2) is 26.1 Å². The van der Waals surface area contributed by atoms with Gasteiger partial charge in [0.25, 0.3) is 0 Å². The Morgan fingerprint density at radius 3 is 2.52 bits per heavy atom. The van der Waals surface area contributed by atoms with Gasteiger partial charge in [0.2, 0.25) is 5.91 Å². The molecule has 25 heavy (non-hydrogen) atoms. The van der Waals surface area contributed by atoms with Crippen molar-refractivity contribution in [2.75, 3.05) is 5.32 Å². The van der Waals surface area contributed by atoms with E-state index < -0.39 is 6.04 Å². The Morgan fingerprint density at radius 2 is 1.88 bits per heavy atom. The lowest BCUT2D eigenvalue weighted by Crippen LogP contribution is -2.28. The maximum atomic E-state index is 12.7. The largest absolute Gasteiger partial charge is 0.324 e. The molecule has 0 fully saturated rings. The van der Waals surface area contributed by atoms with E-state index in [4.69, 9.17) is 5.26 Å². The number of hydrogen-bond donors (Lipinski definition) is 1. The Labute approximate surface area is 144 Å². The highest BCUT2D eigenvalue weighted by Crippen LogP contribution is 2.17. The van der Waals surface area contributed by atoms with Crippen LogP contribution in [0, 0.1) is 11.3 Å². The van der Waals surface area contributed by atoms with Crippen molar-refractivity contribution in [2.45, 2.75) is 18.9 Å². The second-order valence-electron chi connectivity index (χ2n) is 5.52. The molecule has 7 heteroatoms. The normalized spacial score (nSPS) is 11.5. The lowest BCUT2D eigenvalue weighted by atomic mass is 10.1. The van der Waals surface area contributed by atoms with Gasteiger partial charge in [0.1, 0.15) is 12.4 Å². The number of anilines is 1. The SMILES string of the molecule is N#CCc1ccc(NC(=O)C(Cc2ccccc2)n2cnnn2)cc1. The topological polar surface area (TPSA) is 96.5 Å². The molecule has 1 N–H and O–H groups in total. The van der Waals surface area contributed by atoms with E-state index in [0.717, 1.165) is 11.1 Å². The number of carbonyl (C=O) groups excluding carboxylic acids is 1. The van der Waals surface area contributed by atoms with Gasteiger partial charge in [-0.05, 0) is 33.7 Å². The molecule has 1 aromatic heterocycles. The molecule has 0 aliphatic heterocycles. The molecule has 0 aliphatic carbocycles. The molecule has 0 saturated heterocycles. The van der Waals surface area contributed by atoms with Crippen molar-refractivity contribution in [1.29, 1.82) is 5.26 Å². The van der Waals surface area contributed by atoms with Crippen molar-refractivity contribution in [3.8, 4) is 6.07 Å². The Bertz CT molecular complexity index is 853. The Morgan fingerprint density at radius 1 is 1.12 bits per heavy atom. The second-order valence-corrected chi connectivity index (χ2v) is 5.52. The minimum Gasteiger partial charge on any atom is -0.324 e. The molecule has 0 radical (unpaired) electrons. The van der Waals surface area contributed by atoms with E-state index in [1.807, 2.05) is 42.5 Å². The zero-order valence-electron chi connectivity index (χ0n) is 13.4. The Hall–Kier alpha value is -3.53. The molecule has 0 saturated carbocycles. The van der Waals surface area contributed by atoms with Crippen molar-refractivity contribution in [2.24, 2.45) is 0 Å². The molecular weight excluding hydrogens is 316 g/mol. The summed E-state index contributed by atoms with van der Waals surface area (Å²) in [5, 5.41) is 22.7. The molecule has 0 aliphatic rings. The molecule has 0 bridgehead atoms. The summed E-state index contributed by atoms with van der Waals surface area (Å²) in [6, 6.07) is 18.4. The van der Waals surface area contributed by atoms with Gasteiger partial charge in [0.15, 0.2) is 0 Å². The van der Waals surface area contributed by atoms with Crippen LogP contribution in [0.4, 0.5) is 5.69 Å². The van der Waals surface area contributed by atoms with E-state index in [9.17, 15) is 4.79 Å². The van der Waals surface area contributed by atoms with Gasteiger partial charge in [-0.15, -0.1) is 5.10 Å². The average molecular weight is 332 g/mol. The number of hydrogen-bond acceptors (Lipinski definition) is 5. The lowest BCUT2D eigenvalue weighted by Gasteiger charge is -2.16. The molecule has 7 nitrogen and oxygen atoms in total. The summed E-state index contributed by atoms with van der Waals surface area (Å²) in [4.78, 5) is 12.7. The standard InChI is InChI=1S/C18H16N6O/c19-11-10-14-6-8-16(9-7-14)21-18(25)17(24-13-20-22-23-24)12-15-4-2-1-3-5-15/h1-9,13,17H,10,12H2,(H,21,25). The van der Waals surface area contributed by atoms with Crippen LogP contribution in [0.1, 0.15) is 17.2 Å². The number of nitriles is 1. The second kappa shape index (κ2) is 7.84. The maximum Gasteiger partial charge on any atom is 0.249 e. The number of carbonyl (C=O) groups is 1. The van der Waals surface area contributed by atoms with Gasteiger partial charge in [-0.3, -0.25) is 4.79 Å². The molecule has 3 aromatic rings. The monoisotopic (exact) mass is 332 g/mol. The summed E-state index contributed by atoms with van der Waals surface area (Å²) in [7, 11) is 0. The molecule has 0 spiro atoms. The molecule has 3 rings (SSSR count). The van der Waals surface area contributed by atoms with Gasteiger partial charge in [0, 0.05) is 12.1 Å². The Balaban J connectivity index is 1.76. The van der Waals surface area contributed by atoms with Crippen LogP contribution in [0.2, 0.25) is 0 Å². The van der Waals surface area contributed by atoms with Crippen molar-refractivity contribution < 1.29 is 4.79 Å². The predicted octanol–water partition coefficient (Wildman–Crippen LogP) is 2.16. The highest BCUT2D eigenvalue weighted by molar-refractivity contribution is 5.93. The first-order valence-electron chi connectivity index (χ1n) is 7.79. The molecule has 1 atom stereocenters. The molecule has 1 unspecified atom stereocenters. The number of nitrogens with zero attached hydrogens (tertiary/aromatic N) is 5. The molecular formula is C18H16N6O. The summed E-state index contributed by atoms with van der Waals surface area (Å²) < 4.78 is 1.45. The van der Waals surface area contributed by atoms with E-state index in [0.29, 0.717) is 18.5 Å². The van der Waals surface area contributed by atoms with E-state index in [2.05, 4.69) is 26.9 Å². The van der Waals surface area contributed by atoms with Crippen LogP contribution in [0.25, 0.3) is 0 Å². The van der Waals surface area contributed by atoms with Crippen LogP contribution in [0.15, 0.2) is 60.9 Å². The fourth-order valence-corrected chi connectivity index (χ4v) is 2.48. The van der Waals surface area contributed by atoms with Crippen molar-refractivity contribution in [3.63, 3.8) is 0 Å². The number of rotatable bonds is 6. The van der Waals surface area contributed by atoms with Crippen LogP contribution in [0.5, 0.6) is 0 Å². The number of aromatic nitrogens is 4. The van der Waals surface area contributed by atoms with Crippen LogP contribution >= 0.6 is 0 Å². The first-order chi connectivity index (χ1) is 12.3. The molecule has 1 amide bonds. The zero-order chi connectivity index (χ0) is 17.5. The van der Waals surface area contributed by atoms with Gasteiger partial charge in [-0.25, -0.2) is 4.68 Å². The average Bonchev–Trinajstić information content (AvgIpc) is 3.17. The molecule has 2 aromatic carbocycles. The number of nitrogens with one attached hydrogen (secondary N) is 1. The number of tetrazole rings is 1. The summed E-state index contributed by atoms with van der Waals surface area (Å²) in [5.41, 5.74) is 2.59. The zero-order valence-corrected chi connectivity index (χ0v) is 13.4. The van der Waals surface area contributed by atoms with E-state index >= 15 is 0 Å². The fraction of sp³-hybridized carbons (Fsp3) is 0.167. The lowest BCUT2D eigenvalue weighted by molar-refractivity contribution is -0.119. The van der Waals surface area contributed by atoms with E-state index in [1.54, 1.807) is 12.1 Å². The van der Waals surface area contributed by atoms with Crippen molar-refractivity contribution >= 4 is 11.6 Å². The predicted molar refractivity (Wildman–Crippen MR) is 91.4 cm³/mol. The maximum absolute atomic E-state index is 12.7. The molecule has 124 valence electrons. The van der Waals surface area contributed by atoms with Crippen LogP contribution in [0.3, 0.4) is 0 Å². The van der Waals surface area contributed by atoms with Gasteiger partial charge >= 0.3 is 0 Å². The third-order valence-electron chi connectivity index (χ3n) is 3.76. The van der Waals surface area contributed by atoms with Gasteiger partial charge < -0.3 is 5.32 Å². The smallest absolute Gasteiger partial charge is 0.249 e. The summed E-state index contributed by atoms with van der Waals surface area (Å²) >= 11 is 0. The third-order valence-corrected chi connectivity index (χ3v) is 3.76. The summed E-state index contributed by atoms with van der Waals surface area (Å²) in [6.45, 7) is 0.